The molecule has 0 unspecified atom stereocenters. The maximum atomic E-state index is 12.9. The van der Waals surface area contributed by atoms with Crippen molar-refractivity contribution in [3.05, 3.63) is 102 Å². The maximum absolute atomic E-state index is 12.9. The van der Waals surface area contributed by atoms with Crippen molar-refractivity contribution in [2.75, 3.05) is 12.0 Å². The average Bonchev–Trinajstić information content (AvgIpc) is 2.93. The second kappa shape index (κ2) is 9.06. The molecule has 0 saturated heterocycles. The molecule has 0 N–H and O–H groups in total. The van der Waals surface area contributed by atoms with Gasteiger partial charge in [-0.15, -0.1) is 0 Å². The van der Waals surface area contributed by atoms with Gasteiger partial charge in [-0.1, -0.05) is 74.0 Å². The summed E-state index contributed by atoms with van der Waals surface area (Å²) in [4.78, 5) is 15.3. The van der Waals surface area contributed by atoms with Crippen LogP contribution in [0.1, 0.15) is 50.7 Å². The largest absolute Gasteiger partial charge is 0.469 e. The zero-order valence-corrected chi connectivity index (χ0v) is 22.0. The van der Waals surface area contributed by atoms with Crippen LogP contribution in [-0.2, 0) is 21.4 Å². The number of hydrogen-bond acceptors (Lipinski definition) is 3. The molecule has 0 aliphatic heterocycles. The fourth-order valence-electron chi connectivity index (χ4n) is 7.50. The van der Waals surface area contributed by atoms with E-state index in [0.29, 0.717) is 5.92 Å². The first-order valence-corrected chi connectivity index (χ1v) is 13.5. The van der Waals surface area contributed by atoms with Gasteiger partial charge in [0.25, 0.3) is 0 Å². The van der Waals surface area contributed by atoms with Crippen molar-refractivity contribution < 1.29 is 9.53 Å². The number of aryl methyl sites for hydroxylation is 1. The molecular weight excluding hydrogens is 454 g/mol. The zero-order valence-electron chi connectivity index (χ0n) is 22.0. The normalized spacial score (nSPS) is 24.7. The van der Waals surface area contributed by atoms with Crippen molar-refractivity contribution in [3.63, 3.8) is 0 Å². The highest BCUT2D eigenvalue weighted by atomic mass is 16.5. The van der Waals surface area contributed by atoms with Crippen molar-refractivity contribution in [1.29, 1.82) is 0 Å². The highest BCUT2D eigenvalue weighted by Gasteiger charge is 2.55. The predicted octanol–water partition coefficient (Wildman–Crippen LogP) is 8.49. The van der Waals surface area contributed by atoms with Gasteiger partial charge in [0.15, 0.2) is 0 Å². The van der Waals surface area contributed by atoms with Gasteiger partial charge in [0.2, 0.25) is 0 Å². The topological polar surface area (TPSA) is 29.5 Å². The van der Waals surface area contributed by atoms with E-state index in [1.165, 1.54) is 40.4 Å². The number of rotatable bonds is 4. The molecule has 1 saturated carbocycles. The maximum Gasteiger partial charge on any atom is 0.311 e. The Bertz CT molecular complexity index is 1460. The monoisotopic (exact) mass is 489 g/mol. The highest BCUT2D eigenvalue weighted by molar-refractivity contribution is 5.98. The summed E-state index contributed by atoms with van der Waals surface area (Å²) in [6.45, 7) is 4.52. The first kappa shape index (κ1) is 23.8. The molecule has 0 heterocycles. The van der Waals surface area contributed by atoms with E-state index >= 15 is 0 Å². The molecular formula is C34H35NO2. The number of benzene rings is 4. The van der Waals surface area contributed by atoms with Crippen LogP contribution >= 0.6 is 0 Å². The van der Waals surface area contributed by atoms with E-state index in [-0.39, 0.29) is 11.4 Å². The van der Waals surface area contributed by atoms with Crippen LogP contribution in [0.3, 0.4) is 0 Å². The van der Waals surface area contributed by atoms with Crippen molar-refractivity contribution in [3.8, 4) is 0 Å². The van der Waals surface area contributed by atoms with Crippen LogP contribution in [0.15, 0.2) is 91.0 Å². The molecule has 6 rings (SSSR count). The zero-order chi connectivity index (χ0) is 25.6. The van der Waals surface area contributed by atoms with Gasteiger partial charge in [0.1, 0.15) is 0 Å². The van der Waals surface area contributed by atoms with Crippen molar-refractivity contribution in [1.82, 2.24) is 0 Å². The molecule has 2 aliphatic carbocycles. The van der Waals surface area contributed by atoms with Gasteiger partial charge in [0.05, 0.1) is 18.2 Å². The fourth-order valence-corrected chi connectivity index (χ4v) is 7.50. The van der Waals surface area contributed by atoms with Gasteiger partial charge in [0, 0.05) is 16.8 Å². The number of methoxy groups -OCH3 is 1. The summed E-state index contributed by atoms with van der Waals surface area (Å²) >= 11 is 0. The first-order valence-electron chi connectivity index (χ1n) is 13.5. The summed E-state index contributed by atoms with van der Waals surface area (Å²) in [5.74, 6) is 0.248. The summed E-state index contributed by atoms with van der Waals surface area (Å²) in [6, 6.07) is 32.8. The molecule has 3 heteroatoms. The van der Waals surface area contributed by atoms with Gasteiger partial charge >= 0.3 is 5.97 Å². The molecule has 4 aromatic carbocycles. The Morgan fingerprint density at radius 3 is 2.43 bits per heavy atom. The van der Waals surface area contributed by atoms with E-state index in [4.69, 9.17) is 4.74 Å². The van der Waals surface area contributed by atoms with E-state index in [2.05, 4.69) is 110 Å². The smallest absolute Gasteiger partial charge is 0.311 e. The van der Waals surface area contributed by atoms with Gasteiger partial charge in [-0.05, 0) is 90.8 Å². The number of hydrogen-bond donors (Lipinski definition) is 0. The molecule has 37 heavy (non-hydrogen) atoms. The summed E-state index contributed by atoms with van der Waals surface area (Å²) in [7, 11) is 1.54. The second-order valence-corrected chi connectivity index (χ2v) is 11.3. The Hall–Kier alpha value is -3.59. The lowest BCUT2D eigenvalue weighted by Crippen LogP contribution is -2.52. The lowest BCUT2D eigenvalue weighted by atomic mass is 9.50. The van der Waals surface area contributed by atoms with Crippen LogP contribution < -0.4 is 4.90 Å². The van der Waals surface area contributed by atoms with E-state index < -0.39 is 5.41 Å². The SMILES string of the molecule is COC(=O)[C@]1(C)CCC[C@]2(C)c3ccc(N(c4ccccc4)c4cccc5ccccc45)cc3CC[C@@H]12. The number of anilines is 3. The minimum absolute atomic E-state index is 0.0235. The Morgan fingerprint density at radius 1 is 0.865 bits per heavy atom. The standard InChI is InChI=1S/C34H35NO2/c1-33-21-10-22-34(2,32(36)37-3)31(33)20-17-25-23-27(18-19-29(25)33)35(26-13-5-4-6-14-26)30-16-9-12-24-11-7-8-15-28(24)30/h4-9,11-16,18-19,23,31H,10,17,20-22H2,1-3H3/t31-,33-,34-/m1/s1. The number of nitrogens with zero attached hydrogens (tertiary/aromatic N) is 1. The van der Waals surface area contributed by atoms with Crippen molar-refractivity contribution in [2.45, 2.75) is 51.4 Å². The molecule has 0 bridgehead atoms. The Kier molecular flexibility index (Phi) is 5.82. The summed E-state index contributed by atoms with van der Waals surface area (Å²) in [5, 5.41) is 2.47. The van der Waals surface area contributed by atoms with Crippen LogP contribution in [0.2, 0.25) is 0 Å². The van der Waals surface area contributed by atoms with Gasteiger partial charge < -0.3 is 9.64 Å². The molecule has 1 fully saturated rings. The third-order valence-electron chi connectivity index (χ3n) is 9.27. The van der Waals surface area contributed by atoms with Gasteiger partial charge in [-0.2, -0.15) is 0 Å². The van der Waals surface area contributed by atoms with Crippen LogP contribution in [0.25, 0.3) is 10.8 Å². The Morgan fingerprint density at radius 2 is 1.62 bits per heavy atom. The van der Waals surface area contributed by atoms with E-state index in [1.54, 1.807) is 0 Å². The molecule has 4 aromatic rings. The second-order valence-electron chi connectivity index (χ2n) is 11.3. The van der Waals surface area contributed by atoms with Crippen LogP contribution in [-0.4, -0.2) is 13.1 Å². The minimum atomic E-state index is -0.420. The summed E-state index contributed by atoms with van der Waals surface area (Å²) < 4.78 is 5.31. The molecule has 0 radical (unpaired) electrons. The van der Waals surface area contributed by atoms with Crippen LogP contribution in [0.5, 0.6) is 0 Å². The minimum Gasteiger partial charge on any atom is -0.469 e. The van der Waals surface area contributed by atoms with E-state index in [0.717, 1.165) is 37.8 Å². The number of fused-ring (bicyclic) bond motifs is 4. The quantitative estimate of drug-likeness (QED) is 0.269. The summed E-state index contributed by atoms with van der Waals surface area (Å²) in [6.07, 6.45) is 5.07. The van der Waals surface area contributed by atoms with E-state index in [1.807, 2.05) is 0 Å². The lowest BCUT2D eigenvalue weighted by Gasteiger charge is -2.54. The lowest BCUT2D eigenvalue weighted by molar-refractivity contribution is -0.161. The number of esters is 1. The Labute approximate surface area is 220 Å². The molecule has 0 aromatic heterocycles. The number of para-hydroxylation sites is 1. The predicted molar refractivity (Wildman–Crippen MR) is 152 cm³/mol. The molecule has 2 aliphatic rings. The molecule has 0 spiro atoms. The molecule has 0 amide bonds. The third kappa shape index (κ3) is 3.75. The van der Waals surface area contributed by atoms with Crippen molar-refractivity contribution >= 4 is 33.8 Å². The third-order valence-corrected chi connectivity index (χ3v) is 9.27. The van der Waals surface area contributed by atoms with Crippen LogP contribution in [0, 0.1) is 11.3 Å². The summed E-state index contributed by atoms with van der Waals surface area (Å²) in [5.41, 5.74) is 5.88. The van der Waals surface area contributed by atoms with E-state index in [9.17, 15) is 4.79 Å². The fraction of sp³-hybridized carbons (Fsp3) is 0.324. The van der Waals surface area contributed by atoms with Crippen LogP contribution in [0.4, 0.5) is 17.1 Å². The molecule has 188 valence electrons. The van der Waals surface area contributed by atoms with Crippen molar-refractivity contribution in [2.24, 2.45) is 11.3 Å². The molecule has 3 nitrogen and oxygen atoms in total. The highest BCUT2D eigenvalue weighted by Crippen LogP contribution is 2.58. The van der Waals surface area contributed by atoms with Gasteiger partial charge in [-0.3, -0.25) is 4.79 Å². The number of carbonyl (C=O) groups is 1. The number of carbonyl (C=O) groups excluding carboxylic acids is 1. The number of ether oxygens (including phenoxy) is 1. The average molecular weight is 490 g/mol. The van der Waals surface area contributed by atoms with Gasteiger partial charge in [-0.25, -0.2) is 0 Å². The molecule has 3 atom stereocenters. The Balaban J connectivity index is 1.48. The first-order chi connectivity index (χ1) is 18.0.